The third kappa shape index (κ3) is 2.15. The monoisotopic (exact) mass is 190 g/mol. The van der Waals surface area contributed by atoms with Gasteiger partial charge in [0.1, 0.15) is 11.6 Å². The normalized spacial score (nSPS) is 12.9. The second-order valence-corrected chi connectivity index (χ2v) is 4.34. The Kier molecular flexibility index (Phi) is 2.99. The molecule has 66 valence electrons. The van der Waals surface area contributed by atoms with E-state index in [9.17, 15) is 13.3 Å². The van der Waals surface area contributed by atoms with E-state index in [1.807, 2.05) is 0 Å². The van der Waals surface area contributed by atoms with Gasteiger partial charge in [0.25, 0.3) is 0 Å². The Balaban J connectivity index is 3.04. The van der Waals surface area contributed by atoms with Crippen LogP contribution >= 0.6 is 7.80 Å². The van der Waals surface area contributed by atoms with Crippen LogP contribution in [0, 0.1) is 11.6 Å². The molecule has 0 fully saturated rings. The minimum atomic E-state index is -1.86. The van der Waals surface area contributed by atoms with Crippen LogP contribution in [0.5, 0.6) is 0 Å². The maximum absolute atomic E-state index is 12.8. The van der Waals surface area contributed by atoms with Gasteiger partial charge in [-0.05, 0) is 18.8 Å². The van der Waals surface area contributed by atoms with E-state index in [0.29, 0.717) is 0 Å². The van der Waals surface area contributed by atoms with Crippen LogP contribution in [0.25, 0.3) is 0 Å². The number of rotatable bonds is 2. The molecule has 0 aliphatic heterocycles. The Hall–Kier alpha value is -0.690. The molecular weight excluding hydrogens is 181 g/mol. The standard InChI is InChI=1S/C8H9F2OP/c1-12(11)5-6-7(9)3-2-4-8(6)10/h2-4,12H,5H2,1H3. The fourth-order valence-electron chi connectivity index (χ4n) is 0.950. The predicted octanol–water partition coefficient (Wildman–Crippen LogP) is 2.65. The second kappa shape index (κ2) is 3.81. The molecular formula is C8H9F2OP. The number of halogens is 2. The lowest BCUT2D eigenvalue weighted by atomic mass is 10.2. The Labute approximate surface area is 70.2 Å². The molecule has 0 bridgehead atoms. The van der Waals surface area contributed by atoms with E-state index in [-0.39, 0.29) is 11.7 Å². The van der Waals surface area contributed by atoms with Gasteiger partial charge in [-0.2, -0.15) is 0 Å². The zero-order valence-electron chi connectivity index (χ0n) is 6.60. The lowest BCUT2D eigenvalue weighted by molar-refractivity contribution is 0.558. The van der Waals surface area contributed by atoms with E-state index in [1.165, 1.54) is 24.9 Å². The van der Waals surface area contributed by atoms with Gasteiger partial charge >= 0.3 is 0 Å². The molecule has 1 aromatic carbocycles. The summed E-state index contributed by atoms with van der Waals surface area (Å²) in [4.78, 5) is 0. The minimum absolute atomic E-state index is 0.00315. The van der Waals surface area contributed by atoms with Gasteiger partial charge < -0.3 is 4.57 Å². The van der Waals surface area contributed by atoms with Crippen LogP contribution in [-0.2, 0) is 10.7 Å². The topological polar surface area (TPSA) is 17.1 Å². The Morgan fingerprint density at radius 1 is 1.33 bits per heavy atom. The van der Waals surface area contributed by atoms with Crippen molar-refractivity contribution in [2.24, 2.45) is 0 Å². The highest BCUT2D eigenvalue weighted by atomic mass is 31.1. The number of benzene rings is 1. The van der Waals surface area contributed by atoms with Crippen LogP contribution in [0.2, 0.25) is 0 Å². The average Bonchev–Trinajstić information content (AvgIpc) is 1.97. The van der Waals surface area contributed by atoms with Gasteiger partial charge in [-0.15, -0.1) is 0 Å². The molecule has 0 saturated heterocycles. The van der Waals surface area contributed by atoms with Crippen molar-refractivity contribution >= 4 is 7.80 Å². The minimum Gasteiger partial charge on any atom is -0.327 e. The number of hydrogen-bond donors (Lipinski definition) is 0. The smallest absolute Gasteiger partial charge is 0.129 e. The molecule has 1 aromatic rings. The van der Waals surface area contributed by atoms with Gasteiger partial charge in [0.05, 0.1) is 7.80 Å². The SMILES string of the molecule is C[PH](=O)Cc1c(F)cccc1F. The molecule has 0 amide bonds. The van der Waals surface area contributed by atoms with Crippen molar-refractivity contribution in [2.45, 2.75) is 6.16 Å². The van der Waals surface area contributed by atoms with E-state index >= 15 is 0 Å². The van der Waals surface area contributed by atoms with Crippen molar-refractivity contribution in [3.63, 3.8) is 0 Å². The van der Waals surface area contributed by atoms with E-state index in [0.717, 1.165) is 0 Å². The summed E-state index contributed by atoms with van der Waals surface area (Å²) in [7, 11) is -1.86. The second-order valence-electron chi connectivity index (χ2n) is 2.58. The fourth-order valence-corrected chi connectivity index (χ4v) is 1.79. The summed E-state index contributed by atoms with van der Waals surface area (Å²) in [6, 6.07) is 3.63. The average molecular weight is 190 g/mol. The van der Waals surface area contributed by atoms with E-state index in [4.69, 9.17) is 0 Å². The van der Waals surface area contributed by atoms with Crippen molar-refractivity contribution in [3.8, 4) is 0 Å². The molecule has 1 rings (SSSR count). The highest BCUT2D eigenvalue weighted by Gasteiger charge is 2.08. The van der Waals surface area contributed by atoms with Crippen LogP contribution < -0.4 is 0 Å². The van der Waals surface area contributed by atoms with Crippen molar-refractivity contribution in [1.82, 2.24) is 0 Å². The maximum Gasteiger partial charge on any atom is 0.129 e. The Morgan fingerprint density at radius 2 is 1.83 bits per heavy atom. The van der Waals surface area contributed by atoms with E-state index < -0.39 is 19.4 Å². The first-order chi connectivity index (χ1) is 5.61. The third-order valence-electron chi connectivity index (χ3n) is 1.49. The van der Waals surface area contributed by atoms with Gasteiger partial charge in [0, 0.05) is 11.7 Å². The Morgan fingerprint density at radius 3 is 2.25 bits per heavy atom. The summed E-state index contributed by atoms with van der Waals surface area (Å²) in [6.45, 7) is 1.48. The molecule has 0 saturated carbocycles. The van der Waals surface area contributed by atoms with Crippen LogP contribution in [0.1, 0.15) is 5.56 Å². The highest BCUT2D eigenvalue weighted by molar-refractivity contribution is 7.42. The molecule has 1 nitrogen and oxygen atoms in total. The Bertz CT molecular complexity index is 292. The molecule has 0 aliphatic rings. The summed E-state index contributed by atoms with van der Waals surface area (Å²) in [5.41, 5.74) is -0.0658. The summed E-state index contributed by atoms with van der Waals surface area (Å²) in [5.74, 6) is -1.23. The number of hydrogen-bond acceptors (Lipinski definition) is 1. The molecule has 4 heteroatoms. The summed E-state index contributed by atoms with van der Waals surface area (Å²) in [6.07, 6.45) is 0.00315. The van der Waals surface area contributed by atoms with Gasteiger partial charge in [0.2, 0.25) is 0 Å². The molecule has 12 heavy (non-hydrogen) atoms. The lowest BCUT2D eigenvalue weighted by Gasteiger charge is -2.01. The zero-order chi connectivity index (χ0) is 9.14. The van der Waals surface area contributed by atoms with Crippen LogP contribution in [0.15, 0.2) is 18.2 Å². The quantitative estimate of drug-likeness (QED) is 0.655. The first-order valence-corrected chi connectivity index (χ1v) is 5.65. The third-order valence-corrected chi connectivity index (χ3v) is 2.34. The van der Waals surface area contributed by atoms with Gasteiger partial charge in [-0.3, -0.25) is 0 Å². The highest BCUT2D eigenvalue weighted by Crippen LogP contribution is 2.25. The molecule has 1 unspecified atom stereocenters. The van der Waals surface area contributed by atoms with E-state index in [1.54, 1.807) is 0 Å². The molecule has 0 radical (unpaired) electrons. The van der Waals surface area contributed by atoms with Crippen molar-refractivity contribution in [2.75, 3.05) is 6.66 Å². The predicted molar refractivity (Wildman–Crippen MR) is 45.0 cm³/mol. The fraction of sp³-hybridized carbons (Fsp3) is 0.250. The van der Waals surface area contributed by atoms with E-state index in [2.05, 4.69) is 0 Å². The van der Waals surface area contributed by atoms with Crippen molar-refractivity contribution in [1.29, 1.82) is 0 Å². The molecule has 0 heterocycles. The van der Waals surface area contributed by atoms with Crippen LogP contribution in [0.3, 0.4) is 0 Å². The molecule has 0 aromatic heterocycles. The first kappa shape index (κ1) is 9.40. The van der Waals surface area contributed by atoms with Crippen LogP contribution in [-0.4, -0.2) is 6.66 Å². The largest absolute Gasteiger partial charge is 0.327 e. The van der Waals surface area contributed by atoms with Crippen molar-refractivity contribution in [3.05, 3.63) is 35.4 Å². The maximum atomic E-state index is 12.8. The summed E-state index contributed by atoms with van der Waals surface area (Å²) < 4.78 is 36.5. The van der Waals surface area contributed by atoms with Crippen LogP contribution in [0.4, 0.5) is 8.78 Å². The van der Waals surface area contributed by atoms with Gasteiger partial charge in [-0.25, -0.2) is 8.78 Å². The molecule has 1 atom stereocenters. The summed E-state index contributed by atoms with van der Waals surface area (Å²) >= 11 is 0. The lowest BCUT2D eigenvalue weighted by Crippen LogP contribution is -1.91. The zero-order valence-corrected chi connectivity index (χ0v) is 7.60. The van der Waals surface area contributed by atoms with Gasteiger partial charge in [0.15, 0.2) is 0 Å². The van der Waals surface area contributed by atoms with Gasteiger partial charge in [-0.1, -0.05) is 6.07 Å². The molecule has 0 N–H and O–H groups in total. The first-order valence-electron chi connectivity index (χ1n) is 3.53. The van der Waals surface area contributed by atoms with Crippen molar-refractivity contribution < 1.29 is 13.3 Å². The summed E-state index contributed by atoms with van der Waals surface area (Å²) in [5, 5.41) is 0. The molecule has 0 aliphatic carbocycles. The molecule has 0 spiro atoms.